The van der Waals surface area contributed by atoms with E-state index in [4.69, 9.17) is 5.73 Å². The van der Waals surface area contributed by atoms with Gasteiger partial charge >= 0.3 is 0 Å². The molecular weight excluding hydrogens is 402 g/mol. The molecule has 3 nitrogen and oxygen atoms in total. The van der Waals surface area contributed by atoms with Gasteiger partial charge in [-0.05, 0) is 37.6 Å². The van der Waals surface area contributed by atoms with Crippen LogP contribution in [0.3, 0.4) is 0 Å². The van der Waals surface area contributed by atoms with Crippen molar-refractivity contribution < 1.29 is 0 Å². The lowest BCUT2D eigenvalue weighted by Gasteiger charge is -2.10. The summed E-state index contributed by atoms with van der Waals surface area (Å²) in [6, 6.07) is 15.8. The largest absolute Gasteiger partial charge is 0.397 e. The first kappa shape index (κ1) is 32.1. The van der Waals surface area contributed by atoms with E-state index < -0.39 is 0 Å². The number of benzene rings is 2. The smallest absolute Gasteiger partial charge is 0.0698 e. The predicted molar refractivity (Wildman–Crippen MR) is 155 cm³/mol. The summed E-state index contributed by atoms with van der Waals surface area (Å²) in [5.74, 6) is 0. The number of nitrogens with one attached hydrogen (secondary N) is 1. The van der Waals surface area contributed by atoms with Crippen LogP contribution in [0.4, 0.5) is 17.1 Å². The highest BCUT2D eigenvalue weighted by Gasteiger charge is 2.12. The minimum atomic E-state index is 0.0685. The summed E-state index contributed by atoms with van der Waals surface area (Å²) in [7, 11) is 1.85. The van der Waals surface area contributed by atoms with Gasteiger partial charge in [-0.3, -0.25) is 4.99 Å². The molecular formula is C30H47N3. The minimum Gasteiger partial charge on any atom is -0.397 e. The first-order chi connectivity index (χ1) is 15.8. The van der Waals surface area contributed by atoms with Crippen LogP contribution < -0.4 is 11.1 Å². The molecule has 0 radical (unpaired) electrons. The van der Waals surface area contributed by atoms with E-state index in [0.29, 0.717) is 0 Å². The van der Waals surface area contributed by atoms with E-state index >= 15 is 0 Å². The van der Waals surface area contributed by atoms with Gasteiger partial charge in [-0.15, -0.1) is 0 Å². The molecule has 0 saturated heterocycles. The molecule has 0 atom stereocenters. The summed E-state index contributed by atoms with van der Waals surface area (Å²) in [6.07, 6.45) is 15.6. The zero-order valence-electron chi connectivity index (χ0n) is 22.4. The van der Waals surface area contributed by atoms with Crippen molar-refractivity contribution in [1.82, 2.24) is 0 Å². The van der Waals surface area contributed by atoms with Gasteiger partial charge in [-0.1, -0.05) is 115 Å². The van der Waals surface area contributed by atoms with Crippen LogP contribution in [0.25, 0.3) is 6.08 Å². The number of anilines is 2. The molecule has 3 heteroatoms. The lowest BCUT2D eigenvalue weighted by atomic mass is 9.95. The Kier molecular flexibility index (Phi) is 20.3. The summed E-state index contributed by atoms with van der Waals surface area (Å²) in [5, 5.41) is 2.97. The molecule has 0 unspecified atom stereocenters. The standard InChI is InChI=1S/C12H13N.C7H10N2.C6H10.C3H8.C2H6/c1-12(2)8-7-10-5-3-4-6-11(10)13-9-12;1-9-7-5-3-2-4-6(7)8;1-3-5-6-4-2;1-3-2;1-2/h3-9H,1-2H3;2-5,9H,8H2,1H3;3-6H,1-2H3;3H2,1-2H3;1-2H3/b;;5-3-,6-4-;;. The molecule has 0 aromatic heterocycles. The van der Waals surface area contributed by atoms with Crippen molar-refractivity contribution in [3.05, 3.63) is 84.5 Å². The van der Waals surface area contributed by atoms with Crippen LogP contribution in [0, 0.1) is 5.41 Å². The van der Waals surface area contributed by atoms with E-state index in [0.717, 1.165) is 17.1 Å². The Labute approximate surface area is 204 Å². The maximum absolute atomic E-state index is 5.57. The number of rotatable bonds is 2. The fourth-order valence-electron chi connectivity index (χ4n) is 2.28. The molecule has 0 amide bonds. The van der Waals surface area contributed by atoms with Crippen molar-refractivity contribution in [2.45, 2.75) is 61.8 Å². The highest BCUT2D eigenvalue weighted by Crippen LogP contribution is 2.27. The molecule has 0 spiro atoms. The zero-order valence-corrected chi connectivity index (χ0v) is 22.4. The number of hydrogen-bond acceptors (Lipinski definition) is 3. The average Bonchev–Trinajstić information content (AvgIpc) is 2.99. The number of para-hydroxylation sites is 3. The third-order valence-electron chi connectivity index (χ3n) is 3.89. The number of nitrogens with zero attached hydrogens (tertiary/aromatic N) is 1. The Morgan fingerprint density at radius 3 is 1.91 bits per heavy atom. The first-order valence-electron chi connectivity index (χ1n) is 11.9. The second-order valence-electron chi connectivity index (χ2n) is 7.57. The number of nitrogens with two attached hydrogens (primary N) is 1. The summed E-state index contributed by atoms with van der Waals surface area (Å²) in [6.45, 7) is 16.6. The normalized spacial score (nSPS) is 12.4. The summed E-state index contributed by atoms with van der Waals surface area (Å²) < 4.78 is 0. The van der Waals surface area contributed by atoms with Gasteiger partial charge in [-0.2, -0.15) is 0 Å². The predicted octanol–water partition coefficient (Wildman–Crippen LogP) is 9.33. The number of nitrogen functional groups attached to an aromatic ring is 1. The van der Waals surface area contributed by atoms with Gasteiger partial charge in [0.1, 0.15) is 0 Å². The van der Waals surface area contributed by atoms with Crippen molar-refractivity contribution in [2.75, 3.05) is 18.1 Å². The third-order valence-corrected chi connectivity index (χ3v) is 3.89. The van der Waals surface area contributed by atoms with Gasteiger partial charge in [0.2, 0.25) is 0 Å². The average molecular weight is 450 g/mol. The molecule has 0 fully saturated rings. The minimum absolute atomic E-state index is 0.0685. The Morgan fingerprint density at radius 1 is 0.909 bits per heavy atom. The molecule has 3 N–H and O–H groups in total. The number of allylic oxidation sites excluding steroid dienone is 5. The van der Waals surface area contributed by atoms with Gasteiger partial charge in [0, 0.05) is 18.7 Å². The molecule has 0 saturated carbocycles. The van der Waals surface area contributed by atoms with Crippen LogP contribution in [-0.2, 0) is 0 Å². The van der Waals surface area contributed by atoms with Crippen LogP contribution in [0.2, 0.25) is 0 Å². The first-order valence-corrected chi connectivity index (χ1v) is 11.9. The van der Waals surface area contributed by atoms with E-state index in [1.165, 1.54) is 12.0 Å². The molecule has 2 aromatic rings. The van der Waals surface area contributed by atoms with Gasteiger partial charge in [-0.25, -0.2) is 0 Å². The molecule has 1 heterocycles. The van der Waals surface area contributed by atoms with Crippen LogP contribution in [0.15, 0.2) is 83.9 Å². The second-order valence-corrected chi connectivity index (χ2v) is 7.57. The lowest BCUT2D eigenvalue weighted by molar-refractivity contribution is 0.699. The van der Waals surface area contributed by atoms with Crippen molar-refractivity contribution >= 4 is 29.4 Å². The van der Waals surface area contributed by atoms with Crippen molar-refractivity contribution in [3.8, 4) is 0 Å². The highest BCUT2D eigenvalue weighted by molar-refractivity contribution is 5.79. The van der Waals surface area contributed by atoms with Crippen molar-refractivity contribution in [1.29, 1.82) is 0 Å². The molecule has 2 aromatic carbocycles. The molecule has 33 heavy (non-hydrogen) atoms. The summed E-state index contributed by atoms with van der Waals surface area (Å²) in [4.78, 5) is 4.45. The van der Waals surface area contributed by atoms with Crippen LogP contribution >= 0.6 is 0 Å². The Morgan fingerprint density at radius 2 is 1.42 bits per heavy atom. The lowest BCUT2D eigenvalue weighted by Crippen LogP contribution is -2.07. The summed E-state index contributed by atoms with van der Waals surface area (Å²) in [5.41, 5.74) is 9.67. The molecule has 1 aliphatic heterocycles. The second kappa shape index (κ2) is 20.8. The number of aliphatic imine (C=N–C) groups is 1. The number of hydrogen-bond donors (Lipinski definition) is 2. The van der Waals surface area contributed by atoms with Crippen LogP contribution in [-0.4, -0.2) is 13.3 Å². The van der Waals surface area contributed by atoms with Crippen LogP contribution in [0.1, 0.15) is 67.4 Å². The van der Waals surface area contributed by atoms with Crippen molar-refractivity contribution in [3.63, 3.8) is 0 Å². The van der Waals surface area contributed by atoms with Gasteiger partial charge in [0.25, 0.3) is 0 Å². The van der Waals surface area contributed by atoms with E-state index in [2.05, 4.69) is 56.2 Å². The van der Waals surface area contributed by atoms with Crippen LogP contribution in [0.5, 0.6) is 0 Å². The molecule has 0 aliphatic carbocycles. The topological polar surface area (TPSA) is 50.4 Å². The molecule has 1 aliphatic rings. The van der Waals surface area contributed by atoms with E-state index in [1.807, 2.05) is 108 Å². The quantitative estimate of drug-likeness (QED) is 0.354. The molecule has 0 bridgehead atoms. The van der Waals surface area contributed by atoms with E-state index in [-0.39, 0.29) is 5.41 Å². The molecule has 182 valence electrons. The monoisotopic (exact) mass is 449 g/mol. The maximum atomic E-state index is 5.57. The van der Waals surface area contributed by atoms with Gasteiger partial charge in [0.15, 0.2) is 0 Å². The molecule has 3 rings (SSSR count). The van der Waals surface area contributed by atoms with Gasteiger partial charge in [0.05, 0.1) is 17.1 Å². The fourth-order valence-corrected chi connectivity index (χ4v) is 2.28. The SMILES string of the molecule is C/C=C\C=C/C.CC.CC1(C)C=Cc2ccccc2N=C1.CCC.CNc1ccccc1N. The number of fused-ring (bicyclic) bond motifs is 1. The maximum Gasteiger partial charge on any atom is 0.0698 e. The zero-order chi connectivity index (χ0) is 25.5. The van der Waals surface area contributed by atoms with E-state index in [9.17, 15) is 0 Å². The third kappa shape index (κ3) is 16.3. The Hall–Kier alpha value is -3.07. The fraction of sp³-hybridized carbons (Fsp3) is 0.367. The van der Waals surface area contributed by atoms with Crippen molar-refractivity contribution in [2.24, 2.45) is 10.4 Å². The van der Waals surface area contributed by atoms with E-state index in [1.54, 1.807) is 0 Å². The highest BCUT2D eigenvalue weighted by atomic mass is 14.8. The van der Waals surface area contributed by atoms with Gasteiger partial charge < -0.3 is 11.1 Å². The Bertz CT molecular complexity index is 798. The Balaban J connectivity index is 0. The summed E-state index contributed by atoms with van der Waals surface area (Å²) >= 11 is 0.